The summed E-state index contributed by atoms with van der Waals surface area (Å²) >= 11 is 6.28. The summed E-state index contributed by atoms with van der Waals surface area (Å²) in [7, 11) is 0. The van der Waals surface area contributed by atoms with Gasteiger partial charge in [-0.2, -0.15) is 0 Å². The zero-order valence-corrected chi connectivity index (χ0v) is 16.2. The van der Waals surface area contributed by atoms with Gasteiger partial charge in [-0.3, -0.25) is 4.79 Å². The second-order valence-electron chi connectivity index (χ2n) is 7.42. The number of fused-ring (bicyclic) bond motifs is 1. The number of carbonyl (C=O) groups excluding carboxylic acids is 1. The highest BCUT2D eigenvalue weighted by Gasteiger charge is 2.44. The summed E-state index contributed by atoms with van der Waals surface area (Å²) in [6.07, 6.45) is -6.41. The Bertz CT molecular complexity index is 895. The van der Waals surface area contributed by atoms with Crippen LogP contribution in [0.4, 0.5) is 0 Å². The van der Waals surface area contributed by atoms with Gasteiger partial charge in [0.25, 0.3) is 5.91 Å². The van der Waals surface area contributed by atoms with Crippen molar-refractivity contribution in [3.63, 3.8) is 0 Å². The molecule has 2 aromatic carbocycles. The Morgan fingerprint density at radius 2 is 1.69 bits per heavy atom. The summed E-state index contributed by atoms with van der Waals surface area (Å²) in [6.45, 7) is 0.443. The first kappa shape index (κ1) is 20.3. The highest BCUT2D eigenvalue weighted by atomic mass is 35.5. The maximum atomic E-state index is 13.1. The lowest BCUT2D eigenvalue weighted by Crippen LogP contribution is -2.55. The second-order valence-corrected chi connectivity index (χ2v) is 7.83. The molecule has 29 heavy (non-hydrogen) atoms. The van der Waals surface area contributed by atoms with Crippen LogP contribution in [0, 0.1) is 0 Å². The van der Waals surface area contributed by atoms with E-state index in [-0.39, 0.29) is 16.5 Å². The molecule has 4 rings (SSSR count). The van der Waals surface area contributed by atoms with Gasteiger partial charge in [-0.05, 0) is 28.8 Å². The molecule has 0 saturated carbocycles. The fraction of sp³-hybridized carbons (Fsp3) is 0.381. The Kier molecular flexibility index (Phi) is 5.61. The van der Waals surface area contributed by atoms with Gasteiger partial charge < -0.3 is 30.1 Å². The average molecular weight is 420 g/mol. The topological polar surface area (TPSA) is 110 Å². The van der Waals surface area contributed by atoms with E-state index in [9.17, 15) is 25.2 Å². The fourth-order valence-electron chi connectivity index (χ4n) is 3.91. The molecule has 0 aromatic heterocycles. The van der Waals surface area contributed by atoms with E-state index in [0.717, 1.165) is 11.1 Å². The third kappa shape index (κ3) is 3.66. The van der Waals surface area contributed by atoms with Crippen LogP contribution in [-0.2, 0) is 17.8 Å². The molecule has 7 nitrogen and oxygen atoms in total. The lowest BCUT2D eigenvalue weighted by atomic mass is 9.90. The number of hydrogen-bond donors (Lipinski definition) is 4. The van der Waals surface area contributed by atoms with Gasteiger partial charge in [-0.25, -0.2) is 0 Å². The van der Waals surface area contributed by atoms with Crippen LogP contribution in [0.5, 0.6) is 0 Å². The van der Waals surface area contributed by atoms with E-state index in [1.807, 2.05) is 24.3 Å². The molecule has 0 bridgehead atoms. The van der Waals surface area contributed by atoms with E-state index in [4.69, 9.17) is 16.3 Å². The molecular formula is C21H22ClNO6. The normalized spacial score (nSPS) is 29.0. The number of amides is 1. The summed E-state index contributed by atoms with van der Waals surface area (Å²) in [5, 5.41) is 40.0. The molecule has 4 N–H and O–H groups in total. The summed E-state index contributed by atoms with van der Waals surface area (Å²) in [5.41, 5.74) is 2.85. The maximum Gasteiger partial charge on any atom is 0.255 e. The molecule has 2 heterocycles. The predicted octanol–water partition coefficient (Wildman–Crippen LogP) is 1.01. The number of ether oxygens (including phenoxy) is 1. The molecule has 5 atom stereocenters. The van der Waals surface area contributed by atoms with Gasteiger partial charge in [0.2, 0.25) is 0 Å². The number of halogens is 1. The van der Waals surface area contributed by atoms with Crippen molar-refractivity contribution >= 4 is 17.5 Å². The molecule has 1 amide bonds. The summed E-state index contributed by atoms with van der Waals surface area (Å²) in [4.78, 5) is 14.8. The van der Waals surface area contributed by atoms with Gasteiger partial charge in [0.1, 0.15) is 30.5 Å². The van der Waals surface area contributed by atoms with Crippen LogP contribution in [0.3, 0.4) is 0 Å². The zero-order chi connectivity index (χ0) is 20.7. The van der Waals surface area contributed by atoms with Gasteiger partial charge in [0.15, 0.2) is 0 Å². The SMILES string of the molecule is O=C(c1cc([C@@H]2O[C@H](CO)[C@@H](O)[C@H](O)[C@H]2O)ccc1Cl)N1Cc2ccccc2C1. The monoisotopic (exact) mass is 419 g/mol. The number of carbonyl (C=O) groups is 1. The number of benzene rings is 2. The first-order chi connectivity index (χ1) is 13.9. The minimum atomic E-state index is -1.49. The highest BCUT2D eigenvalue weighted by Crippen LogP contribution is 2.35. The summed E-state index contributed by atoms with van der Waals surface area (Å²) in [6, 6.07) is 12.5. The van der Waals surface area contributed by atoms with Gasteiger partial charge in [0, 0.05) is 13.1 Å². The molecule has 0 spiro atoms. The number of nitrogens with zero attached hydrogens (tertiary/aromatic N) is 1. The van der Waals surface area contributed by atoms with Crippen molar-refractivity contribution in [2.24, 2.45) is 0 Å². The largest absolute Gasteiger partial charge is 0.394 e. The third-order valence-electron chi connectivity index (χ3n) is 5.57. The smallest absolute Gasteiger partial charge is 0.255 e. The van der Waals surface area contributed by atoms with Crippen LogP contribution in [0.15, 0.2) is 42.5 Å². The van der Waals surface area contributed by atoms with Gasteiger partial charge in [-0.1, -0.05) is 41.9 Å². The lowest BCUT2D eigenvalue weighted by Gasteiger charge is -2.40. The Labute approximate surface area is 172 Å². The van der Waals surface area contributed by atoms with E-state index in [2.05, 4.69) is 0 Å². The van der Waals surface area contributed by atoms with Crippen LogP contribution < -0.4 is 0 Å². The maximum absolute atomic E-state index is 13.1. The van der Waals surface area contributed by atoms with Crippen molar-refractivity contribution in [1.82, 2.24) is 4.90 Å². The predicted molar refractivity (Wildman–Crippen MR) is 104 cm³/mol. The molecule has 0 unspecified atom stereocenters. The van der Waals surface area contributed by atoms with Crippen molar-refractivity contribution in [2.75, 3.05) is 6.61 Å². The van der Waals surface area contributed by atoms with Gasteiger partial charge in [-0.15, -0.1) is 0 Å². The van der Waals surface area contributed by atoms with E-state index in [1.54, 1.807) is 11.0 Å². The molecule has 154 valence electrons. The van der Waals surface area contributed by atoms with Crippen molar-refractivity contribution in [2.45, 2.75) is 43.6 Å². The molecule has 2 aromatic rings. The number of rotatable bonds is 3. The van der Waals surface area contributed by atoms with Crippen LogP contribution in [0.25, 0.3) is 0 Å². The lowest BCUT2D eigenvalue weighted by molar-refractivity contribution is -0.231. The first-order valence-electron chi connectivity index (χ1n) is 9.36. The van der Waals surface area contributed by atoms with Crippen molar-refractivity contribution in [3.05, 3.63) is 69.7 Å². The quantitative estimate of drug-likeness (QED) is 0.591. The Balaban J connectivity index is 1.60. The average Bonchev–Trinajstić information content (AvgIpc) is 3.17. The molecule has 0 aliphatic carbocycles. The number of hydrogen-bond acceptors (Lipinski definition) is 6. The van der Waals surface area contributed by atoms with Crippen LogP contribution in [-0.4, -0.2) is 62.3 Å². The standard InChI is InChI=1S/C21H22ClNO6/c22-15-6-5-11(20-19(27)18(26)17(25)16(10-24)29-20)7-14(15)21(28)23-8-12-3-1-2-4-13(12)9-23/h1-7,16-20,24-27H,8-10H2/t16-,17-,18+,19-,20+/m1/s1. The minimum absolute atomic E-state index is 0.252. The fourth-order valence-corrected chi connectivity index (χ4v) is 4.11. The molecule has 0 radical (unpaired) electrons. The molecule has 2 aliphatic rings. The Morgan fingerprint density at radius 1 is 1.03 bits per heavy atom. The van der Waals surface area contributed by atoms with Gasteiger partial charge in [0.05, 0.1) is 17.2 Å². The zero-order valence-electron chi connectivity index (χ0n) is 15.5. The van der Waals surface area contributed by atoms with E-state index in [0.29, 0.717) is 18.7 Å². The van der Waals surface area contributed by atoms with Crippen LogP contribution in [0.2, 0.25) is 5.02 Å². The van der Waals surface area contributed by atoms with Crippen molar-refractivity contribution < 1.29 is 30.0 Å². The third-order valence-corrected chi connectivity index (χ3v) is 5.90. The molecule has 2 aliphatic heterocycles. The molecule has 1 saturated heterocycles. The van der Waals surface area contributed by atoms with E-state index < -0.39 is 37.1 Å². The number of aliphatic hydroxyl groups is 4. The van der Waals surface area contributed by atoms with Crippen molar-refractivity contribution in [3.8, 4) is 0 Å². The molecule has 1 fully saturated rings. The van der Waals surface area contributed by atoms with Crippen LogP contribution in [0.1, 0.15) is 33.2 Å². The van der Waals surface area contributed by atoms with E-state index >= 15 is 0 Å². The summed E-state index contributed by atoms with van der Waals surface area (Å²) in [5.74, 6) is -0.252. The molecule has 8 heteroatoms. The number of aliphatic hydroxyl groups excluding tert-OH is 4. The minimum Gasteiger partial charge on any atom is -0.394 e. The summed E-state index contributed by atoms with van der Waals surface area (Å²) < 4.78 is 5.59. The molecular weight excluding hydrogens is 398 g/mol. The highest BCUT2D eigenvalue weighted by molar-refractivity contribution is 6.33. The van der Waals surface area contributed by atoms with E-state index in [1.165, 1.54) is 12.1 Å². The van der Waals surface area contributed by atoms with Gasteiger partial charge >= 0.3 is 0 Å². The van der Waals surface area contributed by atoms with Crippen LogP contribution >= 0.6 is 11.6 Å². The Morgan fingerprint density at radius 3 is 2.31 bits per heavy atom. The Hall–Kier alpha value is -2.00. The second kappa shape index (κ2) is 8.02. The van der Waals surface area contributed by atoms with Crippen molar-refractivity contribution in [1.29, 1.82) is 0 Å². The first-order valence-corrected chi connectivity index (χ1v) is 9.74.